The van der Waals surface area contributed by atoms with Crippen LogP contribution in [0.1, 0.15) is 29.8 Å². The van der Waals surface area contributed by atoms with Crippen molar-refractivity contribution in [2.75, 3.05) is 57.2 Å². The maximum absolute atomic E-state index is 14.2. The van der Waals surface area contributed by atoms with Gasteiger partial charge in [0.15, 0.2) is 5.78 Å². The van der Waals surface area contributed by atoms with Crippen molar-refractivity contribution in [3.8, 4) is 0 Å². The quantitative estimate of drug-likeness (QED) is 0.492. The molecule has 5 rings (SSSR count). The van der Waals surface area contributed by atoms with Crippen molar-refractivity contribution in [2.45, 2.75) is 19.3 Å². The van der Waals surface area contributed by atoms with Crippen molar-refractivity contribution in [1.82, 2.24) is 4.67 Å². The maximum Gasteiger partial charge on any atom is 0.198 e. The second-order valence-electron chi connectivity index (χ2n) is 9.47. The summed E-state index contributed by atoms with van der Waals surface area (Å²) in [7, 11) is 6.09. The zero-order valence-corrected chi connectivity index (χ0v) is 21.1. The molecule has 0 N–H and O–H groups in total. The third-order valence-electron chi connectivity index (χ3n) is 7.06. The van der Waals surface area contributed by atoms with Crippen LogP contribution in [0.4, 0.5) is 11.4 Å². The van der Waals surface area contributed by atoms with Gasteiger partial charge in [-0.15, -0.1) is 0 Å². The SMILES string of the molecule is CN(C)c1ccc2c(c1)C(=O)/C(=C1/N(C)c3ccccc3C1(C)C)P2(=S)N1CCOCC1. The molecular formula is C25H30N3O2PS. The lowest BCUT2D eigenvalue weighted by Crippen LogP contribution is -2.37. The number of allylic oxidation sites excluding steroid dienone is 2. The molecule has 32 heavy (non-hydrogen) atoms. The van der Waals surface area contributed by atoms with Crippen molar-refractivity contribution < 1.29 is 9.53 Å². The molecule has 0 aromatic heterocycles. The minimum Gasteiger partial charge on any atom is -0.379 e. The van der Waals surface area contributed by atoms with Crippen molar-refractivity contribution >= 4 is 40.5 Å². The largest absolute Gasteiger partial charge is 0.379 e. The molecule has 1 unspecified atom stereocenters. The summed E-state index contributed by atoms with van der Waals surface area (Å²) in [6.07, 6.45) is -2.49. The van der Waals surface area contributed by atoms with Gasteiger partial charge in [0.2, 0.25) is 0 Å². The number of carbonyl (C=O) groups excluding carboxylic acids is 1. The maximum atomic E-state index is 14.2. The summed E-state index contributed by atoms with van der Waals surface area (Å²) in [5.41, 5.74) is 4.94. The fourth-order valence-corrected chi connectivity index (χ4v) is 10.3. The standard InChI is InChI=1S/C25H30N3O2PS/c1-25(2)19-8-6-7-9-20(19)27(5)24(25)23-22(29)18-16-17(26(3)4)10-11-21(18)31(23,32)28-12-14-30-15-13-28/h6-11,16H,12-15H2,1-5H3/b24-23-. The van der Waals surface area contributed by atoms with Crippen LogP contribution in [0.25, 0.3) is 0 Å². The number of morpholine rings is 1. The van der Waals surface area contributed by atoms with Gasteiger partial charge in [0.1, 0.15) is 0 Å². The van der Waals surface area contributed by atoms with Crippen LogP contribution in [-0.2, 0) is 22.0 Å². The van der Waals surface area contributed by atoms with E-state index in [2.05, 4.69) is 66.9 Å². The van der Waals surface area contributed by atoms with Crippen LogP contribution in [-0.4, -0.2) is 57.9 Å². The highest BCUT2D eigenvalue weighted by Gasteiger charge is 2.51. The van der Waals surface area contributed by atoms with Crippen LogP contribution in [0.2, 0.25) is 0 Å². The second-order valence-corrected chi connectivity index (χ2v) is 13.7. The molecule has 5 nitrogen and oxygen atoms in total. The van der Waals surface area contributed by atoms with Gasteiger partial charge in [-0.25, -0.2) is 0 Å². The summed E-state index contributed by atoms with van der Waals surface area (Å²) in [5, 5.41) is 1.87. The number of ether oxygens (including phenoxy) is 1. The van der Waals surface area contributed by atoms with Gasteiger partial charge in [-0.3, -0.25) is 9.46 Å². The summed E-state index contributed by atoms with van der Waals surface area (Å²) >= 11 is 6.61. The highest BCUT2D eigenvalue weighted by molar-refractivity contribution is 8.20. The number of likely N-dealkylation sites (N-methyl/N-ethyl adjacent to an activating group) is 1. The van der Waals surface area contributed by atoms with Crippen molar-refractivity contribution in [3.05, 3.63) is 64.6 Å². The lowest BCUT2D eigenvalue weighted by atomic mass is 9.83. The Hall–Kier alpha value is -1.98. The summed E-state index contributed by atoms with van der Waals surface area (Å²) < 4.78 is 8.03. The summed E-state index contributed by atoms with van der Waals surface area (Å²) in [4.78, 5) is 18.5. The minimum atomic E-state index is -2.49. The van der Waals surface area contributed by atoms with Gasteiger partial charge in [0, 0.05) is 67.6 Å². The zero-order valence-electron chi connectivity index (χ0n) is 19.4. The molecule has 1 saturated heterocycles. The molecule has 168 valence electrons. The molecule has 2 aromatic carbocycles. The van der Waals surface area contributed by atoms with Gasteiger partial charge in [-0.2, -0.15) is 0 Å². The van der Waals surface area contributed by atoms with E-state index in [1.54, 1.807) is 0 Å². The van der Waals surface area contributed by atoms with Gasteiger partial charge in [0.05, 0.1) is 24.7 Å². The highest BCUT2D eigenvalue weighted by Crippen LogP contribution is 2.66. The summed E-state index contributed by atoms with van der Waals surface area (Å²) in [5.74, 6) is 0.0984. The Morgan fingerprint density at radius 2 is 1.78 bits per heavy atom. The van der Waals surface area contributed by atoms with Crippen LogP contribution < -0.4 is 15.1 Å². The normalized spacial score (nSPS) is 26.9. The topological polar surface area (TPSA) is 36.0 Å². The Morgan fingerprint density at radius 3 is 2.44 bits per heavy atom. The number of para-hydroxylation sites is 1. The van der Waals surface area contributed by atoms with Crippen molar-refractivity contribution in [2.24, 2.45) is 0 Å². The molecule has 7 heteroatoms. The Balaban J connectivity index is 1.81. The van der Waals surface area contributed by atoms with Gasteiger partial charge in [0.25, 0.3) is 0 Å². The lowest BCUT2D eigenvalue weighted by molar-refractivity contribution is 0.0752. The molecule has 2 aromatic rings. The average Bonchev–Trinajstić information content (AvgIpc) is 3.13. The third-order valence-corrected chi connectivity index (χ3v) is 12.2. The number of hydrogen-bond donors (Lipinski definition) is 0. The number of rotatable bonds is 2. The van der Waals surface area contributed by atoms with E-state index < -0.39 is 6.19 Å². The monoisotopic (exact) mass is 467 g/mol. The zero-order chi connectivity index (χ0) is 22.8. The van der Waals surface area contributed by atoms with E-state index in [0.29, 0.717) is 13.2 Å². The van der Waals surface area contributed by atoms with Crippen LogP contribution in [0.15, 0.2) is 53.5 Å². The number of ketones is 1. The molecule has 0 aliphatic carbocycles. The van der Waals surface area contributed by atoms with E-state index in [-0.39, 0.29) is 11.2 Å². The Labute approximate surface area is 195 Å². The molecule has 1 fully saturated rings. The Bertz CT molecular complexity index is 1200. The van der Waals surface area contributed by atoms with Gasteiger partial charge >= 0.3 is 0 Å². The van der Waals surface area contributed by atoms with E-state index in [1.807, 2.05) is 25.1 Å². The number of Topliss-reactive ketones (excluding diaryl/α,β-unsaturated/α-hetero) is 1. The van der Waals surface area contributed by atoms with Crippen LogP contribution in [0.5, 0.6) is 0 Å². The fourth-order valence-electron chi connectivity index (χ4n) is 5.43. The van der Waals surface area contributed by atoms with Gasteiger partial charge in [-0.05, 0) is 29.8 Å². The smallest absolute Gasteiger partial charge is 0.198 e. The molecule has 3 aliphatic rings. The molecule has 3 aliphatic heterocycles. The first kappa shape index (κ1) is 21.8. The van der Waals surface area contributed by atoms with Crippen LogP contribution >= 0.6 is 6.19 Å². The van der Waals surface area contributed by atoms with Crippen LogP contribution in [0.3, 0.4) is 0 Å². The van der Waals surface area contributed by atoms with E-state index in [0.717, 1.165) is 46.3 Å². The van der Waals surface area contributed by atoms with Gasteiger partial charge in [-0.1, -0.05) is 43.9 Å². The molecule has 0 saturated carbocycles. The highest BCUT2D eigenvalue weighted by atomic mass is 32.4. The van der Waals surface area contributed by atoms with E-state index >= 15 is 0 Å². The van der Waals surface area contributed by atoms with Crippen molar-refractivity contribution in [1.29, 1.82) is 0 Å². The number of carbonyl (C=O) groups is 1. The minimum absolute atomic E-state index is 0.0984. The third kappa shape index (κ3) is 2.90. The average molecular weight is 468 g/mol. The summed E-state index contributed by atoms with van der Waals surface area (Å²) in [6.45, 7) is 7.26. The van der Waals surface area contributed by atoms with E-state index in [1.165, 1.54) is 5.56 Å². The molecule has 0 radical (unpaired) electrons. The number of benzene rings is 2. The molecule has 0 spiro atoms. The molecule has 1 atom stereocenters. The second kappa shape index (κ2) is 7.53. The molecular weight excluding hydrogens is 437 g/mol. The van der Waals surface area contributed by atoms with Crippen LogP contribution in [0, 0.1) is 0 Å². The van der Waals surface area contributed by atoms with E-state index in [9.17, 15) is 4.79 Å². The number of hydrogen-bond acceptors (Lipinski definition) is 5. The molecule has 3 heterocycles. The number of fused-ring (bicyclic) bond motifs is 2. The summed E-state index contributed by atoms with van der Waals surface area (Å²) in [6, 6.07) is 14.7. The van der Waals surface area contributed by atoms with Gasteiger partial charge < -0.3 is 14.5 Å². The Morgan fingerprint density at radius 1 is 1.09 bits per heavy atom. The Kier molecular flexibility index (Phi) is 5.14. The number of nitrogens with zero attached hydrogens (tertiary/aromatic N) is 3. The molecule has 0 bridgehead atoms. The predicted molar refractivity (Wildman–Crippen MR) is 136 cm³/mol. The van der Waals surface area contributed by atoms with Crippen molar-refractivity contribution in [3.63, 3.8) is 0 Å². The fraction of sp³-hybridized carbons (Fsp3) is 0.400. The molecule has 0 amide bonds. The lowest BCUT2D eigenvalue weighted by Gasteiger charge is -2.38. The predicted octanol–water partition coefficient (Wildman–Crippen LogP) is 3.94. The van der Waals surface area contributed by atoms with E-state index in [4.69, 9.17) is 16.5 Å². The first-order chi connectivity index (χ1) is 15.2. The number of anilines is 2. The first-order valence-corrected chi connectivity index (χ1v) is 13.8. The first-order valence-electron chi connectivity index (χ1n) is 11.1.